The number of nitrogens with zero attached hydrogens (tertiary/aromatic N) is 2. The van der Waals surface area contributed by atoms with Crippen molar-refractivity contribution in [1.82, 2.24) is 15.5 Å². The molecule has 0 saturated carbocycles. The number of hydrogen-bond donors (Lipinski definition) is 2. The molecule has 2 N–H and O–H groups in total. The number of ether oxygens (including phenoxy) is 2. The van der Waals surface area contributed by atoms with E-state index in [4.69, 9.17) is 9.47 Å². The van der Waals surface area contributed by atoms with Gasteiger partial charge in [-0.15, -0.1) is 24.0 Å². The summed E-state index contributed by atoms with van der Waals surface area (Å²) < 4.78 is 11.2. The van der Waals surface area contributed by atoms with Crippen molar-refractivity contribution >= 4 is 35.8 Å². The van der Waals surface area contributed by atoms with Crippen molar-refractivity contribution < 1.29 is 14.3 Å². The summed E-state index contributed by atoms with van der Waals surface area (Å²) >= 11 is 0. The lowest BCUT2D eigenvalue weighted by atomic mass is 10.2. The van der Waals surface area contributed by atoms with E-state index in [2.05, 4.69) is 15.6 Å². The first kappa shape index (κ1) is 25.6. The monoisotopic (exact) mass is 518 g/mol. The zero-order valence-electron chi connectivity index (χ0n) is 17.6. The summed E-state index contributed by atoms with van der Waals surface area (Å²) in [6.07, 6.45) is 3.84. The predicted octanol–water partition coefficient (Wildman–Crippen LogP) is 2.40. The Morgan fingerprint density at radius 2 is 2.03 bits per heavy atom. The molecular formula is C21H35IN4O3. The van der Waals surface area contributed by atoms with Gasteiger partial charge in [-0.25, -0.2) is 0 Å². The third-order valence-corrected chi connectivity index (χ3v) is 4.63. The molecule has 8 heteroatoms. The van der Waals surface area contributed by atoms with Gasteiger partial charge in [0.1, 0.15) is 0 Å². The van der Waals surface area contributed by atoms with E-state index in [1.54, 1.807) is 11.9 Å². The lowest BCUT2D eigenvalue weighted by Gasteiger charge is -2.18. The van der Waals surface area contributed by atoms with Crippen LogP contribution in [0.4, 0.5) is 0 Å². The van der Waals surface area contributed by atoms with Gasteiger partial charge in [-0.2, -0.15) is 0 Å². The summed E-state index contributed by atoms with van der Waals surface area (Å²) in [6, 6.07) is 10.00. The first-order valence-electron chi connectivity index (χ1n) is 10.1. The summed E-state index contributed by atoms with van der Waals surface area (Å²) in [4.78, 5) is 18.2. The highest BCUT2D eigenvalue weighted by molar-refractivity contribution is 14.0. The zero-order chi connectivity index (χ0) is 20.0. The number of carbonyl (C=O) groups is 1. The minimum absolute atomic E-state index is 0. The smallest absolute Gasteiger partial charge is 0.224 e. The van der Waals surface area contributed by atoms with E-state index in [1.165, 1.54) is 0 Å². The fraction of sp³-hybridized carbons (Fsp3) is 0.619. The van der Waals surface area contributed by atoms with Gasteiger partial charge in [-0.3, -0.25) is 9.79 Å². The standard InChI is InChI=1S/C21H34N4O3.HI/c1-22-21(23-12-7-14-27-17-19-10-6-15-28-19)24-13-11-20(26)25(2)16-18-8-4-3-5-9-18;/h3-5,8-9,19H,6-7,10-17H2,1-2H3,(H2,22,23,24);1H. The normalized spacial score (nSPS) is 16.2. The van der Waals surface area contributed by atoms with Crippen molar-refractivity contribution in [3.05, 3.63) is 35.9 Å². The van der Waals surface area contributed by atoms with Crippen LogP contribution in [0.5, 0.6) is 0 Å². The molecule has 1 aromatic rings. The molecule has 0 bridgehead atoms. The number of hydrogen-bond acceptors (Lipinski definition) is 4. The van der Waals surface area contributed by atoms with Gasteiger partial charge < -0.3 is 25.0 Å². The van der Waals surface area contributed by atoms with Crippen molar-refractivity contribution in [3.8, 4) is 0 Å². The van der Waals surface area contributed by atoms with Crippen LogP contribution in [-0.4, -0.2) is 69.9 Å². The molecule has 1 saturated heterocycles. The van der Waals surface area contributed by atoms with Crippen molar-refractivity contribution in [2.75, 3.05) is 47.0 Å². The number of guanidine groups is 1. The zero-order valence-corrected chi connectivity index (χ0v) is 19.9. The number of nitrogens with one attached hydrogen (secondary N) is 2. The Balaban J connectivity index is 0.00000420. The van der Waals surface area contributed by atoms with E-state index < -0.39 is 0 Å². The van der Waals surface area contributed by atoms with Crippen molar-refractivity contribution in [3.63, 3.8) is 0 Å². The first-order valence-corrected chi connectivity index (χ1v) is 10.1. The Kier molecular flexibility index (Phi) is 13.7. The Morgan fingerprint density at radius 1 is 1.28 bits per heavy atom. The molecule has 2 rings (SSSR count). The largest absolute Gasteiger partial charge is 0.379 e. The van der Waals surface area contributed by atoms with Crippen LogP contribution in [0.3, 0.4) is 0 Å². The van der Waals surface area contributed by atoms with E-state index in [9.17, 15) is 4.79 Å². The fourth-order valence-corrected chi connectivity index (χ4v) is 3.02. The lowest BCUT2D eigenvalue weighted by Crippen LogP contribution is -2.40. The Labute approximate surface area is 191 Å². The Hall–Kier alpha value is -1.39. The molecule has 1 aromatic carbocycles. The molecular weight excluding hydrogens is 483 g/mol. The summed E-state index contributed by atoms with van der Waals surface area (Å²) in [7, 11) is 3.56. The van der Waals surface area contributed by atoms with Crippen molar-refractivity contribution in [1.29, 1.82) is 0 Å². The number of aliphatic imine (C=N–C) groups is 1. The van der Waals surface area contributed by atoms with Crippen LogP contribution in [0.25, 0.3) is 0 Å². The van der Waals surface area contributed by atoms with Gasteiger partial charge in [0.05, 0.1) is 12.7 Å². The van der Waals surface area contributed by atoms with Crippen LogP contribution < -0.4 is 10.6 Å². The van der Waals surface area contributed by atoms with Crippen molar-refractivity contribution in [2.45, 2.75) is 38.3 Å². The topological polar surface area (TPSA) is 75.2 Å². The molecule has 29 heavy (non-hydrogen) atoms. The SMILES string of the molecule is CN=C(NCCCOCC1CCCO1)NCCC(=O)N(C)Cc1ccccc1.I. The minimum atomic E-state index is 0. The van der Waals surface area contributed by atoms with E-state index in [1.807, 2.05) is 37.4 Å². The maximum absolute atomic E-state index is 12.3. The fourth-order valence-electron chi connectivity index (χ4n) is 3.02. The van der Waals surface area contributed by atoms with Crippen LogP contribution >= 0.6 is 24.0 Å². The van der Waals surface area contributed by atoms with E-state index >= 15 is 0 Å². The number of amides is 1. The average Bonchev–Trinajstić information content (AvgIpc) is 3.23. The lowest BCUT2D eigenvalue weighted by molar-refractivity contribution is -0.130. The van der Waals surface area contributed by atoms with Gasteiger partial charge in [0.25, 0.3) is 0 Å². The van der Waals surface area contributed by atoms with Crippen LogP contribution in [0.15, 0.2) is 35.3 Å². The van der Waals surface area contributed by atoms with Crippen LogP contribution in [0.2, 0.25) is 0 Å². The van der Waals surface area contributed by atoms with Gasteiger partial charge in [0, 0.05) is 53.4 Å². The summed E-state index contributed by atoms with van der Waals surface area (Å²) in [6.45, 7) is 4.19. The van der Waals surface area contributed by atoms with E-state index in [0.717, 1.165) is 38.0 Å². The molecule has 1 heterocycles. The molecule has 7 nitrogen and oxygen atoms in total. The Morgan fingerprint density at radius 3 is 2.72 bits per heavy atom. The molecule has 1 aliphatic rings. The van der Waals surface area contributed by atoms with Gasteiger partial charge in [0.15, 0.2) is 5.96 Å². The quantitative estimate of drug-likeness (QED) is 0.204. The molecule has 1 atom stereocenters. The molecule has 0 aliphatic carbocycles. The second-order valence-electron chi connectivity index (χ2n) is 6.97. The highest BCUT2D eigenvalue weighted by atomic mass is 127. The van der Waals surface area contributed by atoms with Crippen molar-refractivity contribution in [2.24, 2.45) is 4.99 Å². The Bertz CT molecular complexity index is 595. The second kappa shape index (κ2) is 15.4. The van der Waals surface area contributed by atoms with E-state index in [-0.39, 0.29) is 36.0 Å². The molecule has 0 spiro atoms. The van der Waals surface area contributed by atoms with Crippen LogP contribution in [0.1, 0.15) is 31.2 Å². The molecule has 1 aliphatic heterocycles. The van der Waals surface area contributed by atoms with Crippen LogP contribution in [-0.2, 0) is 20.8 Å². The highest BCUT2D eigenvalue weighted by Gasteiger charge is 2.15. The molecule has 1 amide bonds. The third kappa shape index (κ3) is 10.8. The summed E-state index contributed by atoms with van der Waals surface area (Å²) in [5.74, 6) is 0.812. The minimum Gasteiger partial charge on any atom is -0.379 e. The number of carbonyl (C=O) groups excluding carboxylic acids is 1. The summed E-state index contributed by atoms with van der Waals surface area (Å²) in [5.41, 5.74) is 1.13. The van der Waals surface area contributed by atoms with Crippen LogP contribution in [0, 0.1) is 0 Å². The van der Waals surface area contributed by atoms with Gasteiger partial charge in [0.2, 0.25) is 5.91 Å². The maximum atomic E-state index is 12.3. The highest BCUT2D eigenvalue weighted by Crippen LogP contribution is 2.11. The predicted molar refractivity (Wildman–Crippen MR) is 127 cm³/mol. The third-order valence-electron chi connectivity index (χ3n) is 4.63. The number of halogens is 1. The molecule has 164 valence electrons. The number of rotatable bonds is 11. The summed E-state index contributed by atoms with van der Waals surface area (Å²) in [5, 5.41) is 6.43. The molecule has 0 radical (unpaired) electrons. The molecule has 1 fully saturated rings. The maximum Gasteiger partial charge on any atom is 0.224 e. The number of benzene rings is 1. The van der Waals surface area contributed by atoms with E-state index in [0.29, 0.717) is 38.7 Å². The van der Waals surface area contributed by atoms with Gasteiger partial charge >= 0.3 is 0 Å². The van der Waals surface area contributed by atoms with Gasteiger partial charge in [-0.05, 0) is 24.8 Å². The average molecular weight is 518 g/mol. The molecule has 0 aromatic heterocycles. The van der Waals surface area contributed by atoms with Gasteiger partial charge in [-0.1, -0.05) is 30.3 Å². The second-order valence-corrected chi connectivity index (χ2v) is 6.97. The molecule has 1 unspecified atom stereocenters. The first-order chi connectivity index (χ1) is 13.7.